The highest BCUT2D eigenvalue weighted by Gasteiger charge is 2.34. The zero-order valence-corrected chi connectivity index (χ0v) is 30.6. The van der Waals surface area contributed by atoms with Crippen LogP contribution < -0.4 is 29.6 Å². The van der Waals surface area contributed by atoms with E-state index in [1.807, 2.05) is 0 Å². The first-order valence-electron chi connectivity index (χ1n) is 17.4. The SMILES string of the molecule is C=CCOC(=O)Nc1cc(OCCCCCOc2cc(NC(=O)O)c(C(=O)N3CC(=C)C[C@@H]3CO)cc2OC)c(OC)cc1C(=O)N1CC(=C)C[C@@H]1CO. The number of nitrogens with one attached hydrogen (secondary N) is 2. The van der Waals surface area contributed by atoms with Crippen LogP contribution in [0.2, 0.25) is 0 Å². The molecule has 2 aliphatic heterocycles. The lowest BCUT2D eigenvalue weighted by molar-refractivity contribution is 0.0674. The summed E-state index contributed by atoms with van der Waals surface area (Å²) in [7, 11) is 2.83. The van der Waals surface area contributed by atoms with Gasteiger partial charge in [-0.05, 0) is 44.2 Å². The third kappa shape index (κ3) is 10.2. The van der Waals surface area contributed by atoms with Crippen LogP contribution in [-0.2, 0) is 4.74 Å². The van der Waals surface area contributed by atoms with E-state index in [1.165, 1.54) is 54.4 Å². The Morgan fingerprint density at radius 3 is 1.63 bits per heavy atom. The molecule has 16 nitrogen and oxygen atoms in total. The van der Waals surface area contributed by atoms with Crippen molar-refractivity contribution in [2.45, 2.75) is 44.2 Å². The van der Waals surface area contributed by atoms with Crippen molar-refractivity contribution in [2.24, 2.45) is 0 Å². The number of benzene rings is 2. The summed E-state index contributed by atoms with van der Waals surface area (Å²) in [5.74, 6) is 0.0657. The highest BCUT2D eigenvalue weighted by molar-refractivity contribution is 6.05. The summed E-state index contributed by atoms with van der Waals surface area (Å²) in [6.07, 6.45) is 1.94. The first kappa shape index (κ1) is 41.0. The van der Waals surface area contributed by atoms with E-state index in [9.17, 15) is 34.5 Å². The maximum absolute atomic E-state index is 13.7. The predicted molar refractivity (Wildman–Crippen MR) is 199 cm³/mol. The molecule has 292 valence electrons. The molecule has 2 saturated heterocycles. The number of anilines is 2. The number of methoxy groups -OCH3 is 2. The molecule has 2 atom stereocenters. The van der Waals surface area contributed by atoms with Crippen LogP contribution in [0.15, 0.2) is 61.2 Å². The minimum atomic E-state index is -1.37. The molecule has 0 unspecified atom stereocenters. The van der Waals surface area contributed by atoms with Crippen molar-refractivity contribution in [3.05, 3.63) is 72.4 Å². The fourth-order valence-corrected chi connectivity index (χ4v) is 6.23. The lowest BCUT2D eigenvalue weighted by atomic mass is 10.1. The molecule has 5 N–H and O–H groups in total. The summed E-state index contributed by atoms with van der Waals surface area (Å²) in [6.45, 7) is 11.8. The number of ether oxygens (including phenoxy) is 5. The second kappa shape index (κ2) is 19.4. The smallest absolute Gasteiger partial charge is 0.411 e. The lowest BCUT2D eigenvalue weighted by Gasteiger charge is -2.24. The van der Waals surface area contributed by atoms with Gasteiger partial charge in [0, 0.05) is 25.2 Å². The highest BCUT2D eigenvalue weighted by atomic mass is 16.5. The van der Waals surface area contributed by atoms with Gasteiger partial charge >= 0.3 is 12.2 Å². The molecule has 0 spiro atoms. The van der Waals surface area contributed by atoms with Crippen LogP contribution in [0.1, 0.15) is 52.8 Å². The van der Waals surface area contributed by atoms with Crippen molar-refractivity contribution < 1.29 is 58.2 Å². The number of hydrogen-bond donors (Lipinski definition) is 5. The zero-order chi connectivity index (χ0) is 39.4. The van der Waals surface area contributed by atoms with Crippen molar-refractivity contribution in [3.63, 3.8) is 0 Å². The molecule has 2 heterocycles. The Labute approximate surface area is 313 Å². The number of carbonyl (C=O) groups is 4. The molecular formula is C38H48N4O12. The molecule has 0 saturated carbocycles. The maximum Gasteiger partial charge on any atom is 0.411 e. The van der Waals surface area contributed by atoms with Crippen LogP contribution in [0.25, 0.3) is 0 Å². The minimum Gasteiger partial charge on any atom is -0.493 e. The molecule has 2 aromatic rings. The zero-order valence-electron chi connectivity index (χ0n) is 30.6. The number of rotatable bonds is 18. The Bertz CT molecular complexity index is 1740. The summed E-state index contributed by atoms with van der Waals surface area (Å²) < 4.78 is 28.0. The quantitative estimate of drug-likeness (QED) is 0.104. The summed E-state index contributed by atoms with van der Waals surface area (Å²) in [6, 6.07) is 4.84. The molecule has 0 aliphatic carbocycles. The number of carbonyl (C=O) groups excluding carboxylic acids is 3. The molecule has 0 radical (unpaired) electrons. The minimum absolute atomic E-state index is 0.00879. The summed E-state index contributed by atoms with van der Waals surface area (Å²) in [5, 5.41) is 33.9. The van der Waals surface area contributed by atoms with Gasteiger partial charge in [-0.25, -0.2) is 9.59 Å². The number of carboxylic acid groups (broad SMARTS) is 1. The van der Waals surface area contributed by atoms with Gasteiger partial charge in [0.25, 0.3) is 11.8 Å². The standard InChI is InChI=1S/C38H48N4O12/c1-6-10-54-38(49)40-30-18-34(32(51-5)16-28(30)36(46)42-20-24(3)14-26(42)22-44)53-12-9-7-8-11-52-33-17-29(39-37(47)48)27(15-31(33)50-4)35(45)41-19-23(2)13-25(41)21-43/h6,15-18,25-26,39,43-44H,1-3,7-14,19-22H2,4-5H3,(H,40,49)(H,47,48)/t25-,26-/m1/s1. The summed E-state index contributed by atoms with van der Waals surface area (Å²) in [4.78, 5) is 54.2. The number of aliphatic hydroxyl groups is 2. The second-order valence-corrected chi connectivity index (χ2v) is 12.7. The second-order valence-electron chi connectivity index (χ2n) is 12.7. The normalized spacial score (nSPS) is 16.5. The largest absolute Gasteiger partial charge is 0.493 e. The summed E-state index contributed by atoms with van der Waals surface area (Å²) in [5.41, 5.74) is 1.88. The van der Waals surface area contributed by atoms with E-state index < -0.39 is 36.1 Å². The van der Waals surface area contributed by atoms with Crippen LogP contribution in [0.5, 0.6) is 23.0 Å². The number of hydrogen-bond acceptors (Lipinski definition) is 11. The average molecular weight is 753 g/mol. The van der Waals surface area contributed by atoms with Gasteiger partial charge in [0.15, 0.2) is 23.0 Å². The van der Waals surface area contributed by atoms with E-state index in [0.717, 1.165) is 11.1 Å². The third-order valence-electron chi connectivity index (χ3n) is 8.84. The predicted octanol–water partition coefficient (Wildman–Crippen LogP) is 4.68. The maximum atomic E-state index is 13.7. The highest BCUT2D eigenvalue weighted by Crippen LogP contribution is 2.38. The van der Waals surface area contributed by atoms with E-state index in [1.54, 1.807) is 0 Å². The van der Waals surface area contributed by atoms with Gasteiger partial charge in [0.2, 0.25) is 0 Å². The van der Waals surface area contributed by atoms with Gasteiger partial charge in [-0.2, -0.15) is 0 Å². The molecule has 0 bridgehead atoms. The van der Waals surface area contributed by atoms with Crippen LogP contribution in [0.3, 0.4) is 0 Å². The van der Waals surface area contributed by atoms with Crippen LogP contribution in [0, 0.1) is 0 Å². The third-order valence-corrected chi connectivity index (χ3v) is 8.84. The molecule has 16 heteroatoms. The Hall–Kier alpha value is -5.74. The lowest BCUT2D eigenvalue weighted by Crippen LogP contribution is -2.38. The first-order valence-corrected chi connectivity index (χ1v) is 17.4. The molecule has 4 rings (SSSR count). The van der Waals surface area contributed by atoms with E-state index in [0.29, 0.717) is 32.1 Å². The van der Waals surface area contributed by atoms with Gasteiger partial charge < -0.3 is 48.8 Å². The molecule has 54 heavy (non-hydrogen) atoms. The van der Waals surface area contributed by atoms with Crippen molar-refractivity contribution in [1.29, 1.82) is 0 Å². The number of amides is 4. The van der Waals surface area contributed by atoms with Gasteiger partial charge in [-0.15, -0.1) is 0 Å². The van der Waals surface area contributed by atoms with Crippen molar-refractivity contribution in [1.82, 2.24) is 9.80 Å². The van der Waals surface area contributed by atoms with E-state index in [2.05, 4.69) is 30.4 Å². The van der Waals surface area contributed by atoms with Gasteiger partial charge in [-0.3, -0.25) is 20.2 Å². The topological polar surface area (TPSA) is 206 Å². The number of nitrogens with zero attached hydrogens (tertiary/aromatic N) is 2. The number of aliphatic hydroxyl groups excluding tert-OH is 2. The monoisotopic (exact) mass is 752 g/mol. The van der Waals surface area contributed by atoms with Crippen molar-refractivity contribution in [2.75, 3.05) is 71.0 Å². The molecule has 2 aromatic carbocycles. The van der Waals surface area contributed by atoms with Gasteiger partial charge in [-0.1, -0.05) is 37.0 Å². The Balaban J connectivity index is 1.40. The molecule has 2 aliphatic rings. The Kier molecular flexibility index (Phi) is 14.7. The van der Waals surface area contributed by atoms with Crippen molar-refractivity contribution in [3.8, 4) is 23.0 Å². The van der Waals surface area contributed by atoms with Crippen LogP contribution in [0.4, 0.5) is 21.0 Å². The van der Waals surface area contributed by atoms with E-state index >= 15 is 0 Å². The van der Waals surface area contributed by atoms with Crippen LogP contribution >= 0.6 is 0 Å². The van der Waals surface area contributed by atoms with Crippen molar-refractivity contribution >= 4 is 35.4 Å². The molecular weight excluding hydrogens is 704 g/mol. The Morgan fingerprint density at radius 2 is 1.22 bits per heavy atom. The molecule has 0 aromatic heterocycles. The van der Waals surface area contributed by atoms with Gasteiger partial charge in [0.1, 0.15) is 6.61 Å². The van der Waals surface area contributed by atoms with E-state index in [4.69, 9.17) is 23.7 Å². The molecule has 2 fully saturated rings. The first-order chi connectivity index (χ1) is 25.9. The van der Waals surface area contributed by atoms with Gasteiger partial charge in [0.05, 0.1) is 75.2 Å². The summed E-state index contributed by atoms with van der Waals surface area (Å²) >= 11 is 0. The Morgan fingerprint density at radius 1 is 0.759 bits per heavy atom. The number of unbranched alkanes of at least 4 members (excludes halogenated alkanes) is 2. The van der Waals surface area contributed by atoms with Crippen LogP contribution in [-0.4, -0.2) is 122 Å². The fourth-order valence-electron chi connectivity index (χ4n) is 6.23. The molecule has 4 amide bonds. The fraction of sp³-hybridized carbons (Fsp3) is 0.421. The van der Waals surface area contributed by atoms with E-state index in [-0.39, 0.29) is 91.6 Å². The average Bonchev–Trinajstić information content (AvgIpc) is 3.74. The number of likely N-dealkylation sites (tertiary alicyclic amines) is 2.